The molecule has 0 heterocycles. The summed E-state index contributed by atoms with van der Waals surface area (Å²) in [5, 5.41) is 17.6. The molecule has 2 N–H and O–H groups in total. The van der Waals surface area contributed by atoms with Gasteiger partial charge in [-0.15, -0.1) is 0 Å². The van der Waals surface area contributed by atoms with Crippen LogP contribution in [0.4, 0.5) is 0 Å². The third kappa shape index (κ3) is 3.58. The van der Waals surface area contributed by atoms with Gasteiger partial charge >= 0.3 is 11.9 Å². The van der Waals surface area contributed by atoms with E-state index in [0.29, 0.717) is 17.1 Å². The number of aliphatic carboxylic acids is 1. The van der Waals surface area contributed by atoms with Gasteiger partial charge in [-0.1, -0.05) is 18.2 Å². The van der Waals surface area contributed by atoms with Gasteiger partial charge in [0.25, 0.3) is 0 Å². The Hall–Kier alpha value is -2.82. The SMILES string of the molecule is O=C(O)Cc1ccc(Oc2cccc(C(=O)O)c2)cc1. The van der Waals surface area contributed by atoms with Gasteiger partial charge in [-0.05, 0) is 35.9 Å². The highest BCUT2D eigenvalue weighted by Crippen LogP contribution is 2.22. The molecule has 0 spiro atoms. The van der Waals surface area contributed by atoms with Crippen LogP contribution in [0.1, 0.15) is 15.9 Å². The van der Waals surface area contributed by atoms with Crippen LogP contribution < -0.4 is 4.74 Å². The smallest absolute Gasteiger partial charge is 0.335 e. The van der Waals surface area contributed by atoms with E-state index in [4.69, 9.17) is 14.9 Å². The highest BCUT2D eigenvalue weighted by molar-refractivity contribution is 5.88. The number of rotatable bonds is 5. The Morgan fingerprint density at radius 2 is 1.65 bits per heavy atom. The van der Waals surface area contributed by atoms with Crippen LogP contribution in [-0.2, 0) is 11.2 Å². The lowest BCUT2D eigenvalue weighted by Crippen LogP contribution is -1.99. The Morgan fingerprint density at radius 3 is 2.25 bits per heavy atom. The van der Waals surface area contributed by atoms with Gasteiger partial charge in [0.1, 0.15) is 11.5 Å². The van der Waals surface area contributed by atoms with Crippen molar-refractivity contribution < 1.29 is 24.5 Å². The lowest BCUT2D eigenvalue weighted by molar-refractivity contribution is -0.136. The summed E-state index contributed by atoms with van der Waals surface area (Å²) in [6, 6.07) is 12.8. The van der Waals surface area contributed by atoms with E-state index in [0.717, 1.165) is 0 Å². The number of carboxylic acid groups (broad SMARTS) is 2. The normalized spacial score (nSPS) is 10.0. The molecule has 5 heteroatoms. The van der Waals surface area contributed by atoms with Crippen molar-refractivity contribution in [1.82, 2.24) is 0 Å². The van der Waals surface area contributed by atoms with Gasteiger partial charge in [-0.2, -0.15) is 0 Å². The van der Waals surface area contributed by atoms with Crippen molar-refractivity contribution in [2.75, 3.05) is 0 Å². The first-order valence-corrected chi connectivity index (χ1v) is 5.86. The maximum absolute atomic E-state index is 10.8. The molecule has 102 valence electrons. The second-order valence-electron chi connectivity index (χ2n) is 4.15. The molecule has 0 saturated carbocycles. The van der Waals surface area contributed by atoms with Crippen LogP contribution in [0.15, 0.2) is 48.5 Å². The first-order chi connectivity index (χ1) is 9.54. The topological polar surface area (TPSA) is 83.8 Å². The molecule has 0 amide bonds. The zero-order chi connectivity index (χ0) is 14.5. The Bertz CT molecular complexity index is 631. The molecule has 20 heavy (non-hydrogen) atoms. The monoisotopic (exact) mass is 272 g/mol. The van der Waals surface area contributed by atoms with Gasteiger partial charge in [0.15, 0.2) is 0 Å². The number of hydrogen-bond acceptors (Lipinski definition) is 3. The lowest BCUT2D eigenvalue weighted by atomic mass is 10.1. The van der Waals surface area contributed by atoms with Gasteiger partial charge < -0.3 is 14.9 Å². The molecule has 5 nitrogen and oxygen atoms in total. The number of carbonyl (C=O) groups is 2. The fourth-order valence-corrected chi connectivity index (χ4v) is 1.68. The quantitative estimate of drug-likeness (QED) is 0.874. The molecule has 0 saturated heterocycles. The minimum absolute atomic E-state index is 0.0468. The molecule has 2 aromatic rings. The third-order valence-electron chi connectivity index (χ3n) is 2.60. The molecule has 0 aromatic heterocycles. The molecule has 0 bridgehead atoms. The molecule has 2 aromatic carbocycles. The van der Waals surface area contributed by atoms with E-state index in [-0.39, 0.29) is 12.0 Å². The van der Waals surface area contributed by atoms with E-state index in [9.17, 15) is 9.59 Å². The van der Waals surface area contributed by atoms with Gasteiger partial charge in [0, 0.05) is 0 Å². The predicted octanol–water partition coefficient (Wildman–Crippen LogP) is 2.80. The van der Waals surface area contributed by atoms with Gasteiger partial charge in [0.05, 0.1) is 12.0 Å². The van der Waals surface area contributed by atoms with Gasteiger partial charge in [0.2, 0.25) is 0 Å². The largest absolute Gasteiger partial charge is 0.481 e. The number of hydrogen-bond donors (Lipinski definition) is 2. The van der Waals surface area contributed by atoms with Crippen molar-refractivity contribution in [2.45, 2.75) is 6.42 Å². The maximum Gasteiger partial charge on any atom is 0.335 e. The first-order valence-electron chi connectivity index (χ1n) is 5.86. The molecule has 0 radical (unpaired) electrons. The molecule has 0 fully saturated rings. The van der Waals surface area contributed by atoms with E-state index < -0.39 is 11.9 Å². The zero-order valence-electron chi connectivity index (χ0n) is 10.4. The van der Waals surface area contributed by atoms with Crippen molar-refractivity contribution in [3.8, 4) is 11.5 Å². The Balaban J connectivity index is 2.11. The summed E-state index contributed by atoms with van der Waals surface area (Å²) < 4.78 is 5.52. The molecule has 0 atom stereocenters. The summed E-state index contributed by atoms with van der Waals surface area (Å²) in [7, 11) is 0. The van der Waals surface area contributed by atoms with Crippen LogP contribution in [-0.4, -0.2) is 22.2 Å². The molecule has 0 unspecified atom stereocenters. The molecular weight excluding hydrogens is 260 g/mol. The van der Waals surface area contributed by atoms with Crippen LogP contribution in [0.3, 0.4) is 0 Å². The van der Waals surface area contributed by atoms with Crippen LogP contribution in [0.25, 0.3) is 0 Å². The Kier molecular flexibility index (Phi) is 4.00. The molecule has 0 aliphatic rings. The summed E-state index contributed by atoms with van der Waals surface area (Å²) in [6.45, 7) is 0. The van der Waals surface area contributed by atoms with E-state index in [1.807, 2.05) is 0 Å². The van der Waals surface area contributed by atoms with E-state index >= 15 is 0 Å². The van der Waals surface area contributed by atoms with E-state index in [2.05, 4.69) is 0 Å². The minimum atomic E-state index is -1.02. The number of benzene rings is 2. The highest BCUT2D eigenvalue weighted by atomic mass is 16.5. The zero-order valence-corrected chi connectivity index (χ0v) is 10.4. The van der Waals surface area contributed by atoms with Gasteiger partial charge in [-0.25, -0.2) is 4.79 Å². The number of aromatic carboxylic acids is 1. The lowest BCUT2D eigenvalue weighted by Gasteiger charge is -2.07. The average molecular weight is 272 g/mol. The molecule has 0 aliphatic carbocycles. The average Bonchev–Trinajstić information content (AvgIpc) is 2.41. The van der Waals surface area contributed by atoms with Crippen molar-refractivity contribution in [1.29, 1.82) is 0 Å². The van der Waals surface area contributed by atoms with E-state index in [1.54, 1.807) is 36.4 Å². The minimum Gasteiger partial charge on any atom is -0.481 e. The number of carboxylic acids is 2. The summed E-state index contributed by atoms with van der Waals surface area (Å²) in [5.41, 5.74) is 0.814. The summed E-state index contributed by atoms with van der Waals surface area (Å²) in [4.78, 5) is 21.4. The molecule has 2 rings (SSSR count). The summed E-state index contributed by atoms with van der Waals surface area (Å²) in [6.07, 6.45) is -0.0468. The van der Waals surface area contributed by atoms with Crippen molar-refractivity contribution in [2.24, 2.45) is 0 Å². The second-order valence-corrected chi connectivity index (χ2v) is 4.15. The summed E-state index contributed by atoms with van der Waals surface area (Å²) in [5.74, 6) is -0.988. The molecular formula is C15H12O5. The standard InChI is InChI=1S/C15H12O5/c16-14(17)8-10-4-6-12(7-5-10)20-13-3-1-2-11(9-13)15(18)19/h1-7,9H,8H2,(H,16,17)(H,18,19). The third-order valence-corrected chi connectivity index (χ3v) is 2.60. The Morgan fingerprint density at radius 1 is 0.950 bits per heavy atom. The molecule has 0 aliphatic heterocycles. The fraction of sp³-hybridized carbons (Fsp3) is 0.0667. The summed E-state index contributed by atoms with van der Waals surface area (Å²) >= 11 is 0. The predicted molar refractivity (Wildman–Crippen MR) is 71.3 cm³/mol. The van der Waals surface area contributed by atoms with Crippen LogP contribution in [0, 0.1) is 0 Å². The highest BCUT2D eigenvalue weighted by Gasteiger charge is 2.05. The van der Waals surface area contributed by atoms with Crippen LogP contribution in [0.5, 0.6) is 11.5 Å². The fourth-order valence-electron chi connectivity index (χ4n) is 1.68. The van der Waals surface area contributed by atoms with E-state index in [1.165, 1.54) is 12.1 Å². The van der Waals surface area contributed by atoms with Crippen LogP contribution in [0.2, 0.25) is 0 Å². The Labute approximate surface area is 115 Å². The van der Waals surface area contributed by atoms with Gasteiger partial charge in [-0.3, -0.25) is 4.79 Å². The second kappa shape index (κ2) is 5.88. The van der Waals surface area contributed by atoms with Crippen molar-refractivity contribution >= 4 is 11.9 Å². The number of ether oxygens (including phenoxy) is 1. The van der Waals surface area contributed by atoms with Crippen molar-refractivity contribution in [3.63, 3.8) is 0 Å². The van der Waals surface area contributed by atoms with Crippen molar-refractivity contribution in [3.05, 3.63) is 59.7 Å². The maximum atomic E-state index is 10.8. The van der Waals surface area contributed by atoms with Crippen LogP contribution >= 0.6 is 0 Å². The first kappa shape index (κ1) is 13.6.